The van der Waals surface area contributed by atoms with Gasteiger partial charge >= 0.3 is 0 Å². The van der Waals surface area contributed by atoms with E-state index in [0.29, 0.717) is 0 Å². The molecule has 0 bridgehead atoms. The number of nitrogens with one attached hydrogen (secondary N) is 1. The second-order valence-corrected chi connectivity index (χ2v) is 6.36. The van der Waals surface area contributed by atoms with Gasteiger partial charge in [0.2, 0.25) is 0 Å². The summed E-state index contributed by atoms with van der Waals surface area (Å²) in [5.74, 6) is 0. The van der Waals surface area contributed by atoms with Crippen LogP contribution in [0, 0.1) is 16.7 Å². The van der Waals surface area contributed by atoms with Gasteiger partial charge in [0.15, 0.2) is 0 Å². The molecule has 0 aliphatic heterocycles. The number of nitrogens with zero attached hydrogens (tertiary/aromatic N) is 1. The predicted molar refractivity (Wildman–Crippen MR) is 70.8 cm³/mol. The van der Waals surface area contributed by atoms with Crippen LogP contribution in [0.1, 0.15) is 36.9 Å². The maximum Gasteiger partial charge on any atom is 0.110 e. The molecule has 0 aromatic carbocycles. The van der Waals surface area contributed by atoms with Gasteiger partial charge in [0.25, 0.3) is 0 Å². The molecule has 1 atom stereocenters. The smallest absolute Gasteiger partial charge is 0.110 e. The van der Waals surface area contributed by atoms with E-state index in [1.165, 1.54) is 11.3 Å². The highest BCUT2D eigenvalue weighted by atomic mass is 32.1. The minimum absolute atomic E-state index is 0.123. The summed E-state index contributed by atoms with van der Waals surface area (Å²) in [6, 6.07) is 6.25. The molecule has 1 aromatic rings. The molecule has 0 aliphatic rings. The number of aliphatic hydroxyl groups excluding tert-OH is 1. The average Bonchev–Trinajstić information content (AvgIpc) is 2.70. The number of hydrogen-bond acceptors (Lipinski definition) is 4. The Labute approximate surface area is 107 Å². The Bertz CT molecular complexity index is 387. The highest BCUT2D eigenvalue weighted by molar-refractivity contribution is 7.12. The van der Waals surface area contributed by atoms with E-state index >= 15 is 0 Å². The molecule has 1 rings (SSSR count). The van der Waals surface area contributed by atoms with Crippen LogP contribution in [0.4, 0.5) is 0 Å². The summed E-state index contributed by atoms with van der Waals surface area (Å²) in [5, 5.41) is 21.3. The van der Waals surface area contributed by atoms with Crippen molar-refractivity contribution in [3.05, 3.63) is 21.9 Å². The molecule has 4 heteroatoms. The van der Waals surface area contributed by atoms with E-state index in [1.807, 2.05) is 12.1 Å². The third kappa shape index (κ3) is 4.47. The predicted octanol–water partition coefficient (Wildman–Crippen LogP) is 2.51. The summed E-state index contributed by atoms with van der Waals surface area (Å²) in [4.78, 5) is 1.91. The second kappa shape index (κ2) is 6.15. The molecular formula is C13H20N2OS. The first-order valence-corrected chi connectivity index (χ1v) is 6.62. The fourth-order valence-corrected chi connectivity index (χ4v) is 2.48. The van der Waals surface area contributed by atoms with Crippen molar-refractivity contribution < 1.29 is 5.11 Å². The highest BCUT2D eigenvalue weighted by Gasteiger charge is 2.23. The number of thiophene rings is 1. The fraction of sp³-hybridized carbons (Fsp3) is 0.615. The number of aliphatic hydroxyl groups is 1. The Kier molecular flexibility index (Phi) is 5.13. The van der Waals surface area contributed by atoms with Gasteiger partial charge in [-0.15, -0.1) is 11.3 Å². The van der Waals surface area contributed by atoms with E-state index < -0.39 is 0 Å². The van der Waals surface area contributed by atoms with Crippen LogP contribution in [-0.2, 0) is 6.54 Å². The first-order chi connectivity index (χ1) is 7.97. The molecule has 0 aliphatic carbocycles. The molecule has 0 amide bonds. The largest absolute Gasteiger partial charge is 0.396 e. The van der Waals surface area contributed by atoms with Gasteiger partial charge in [0.05, 0.1) is 0 Å². The van der Waals surface area contributed by atoms with E-state index in [2.05, 4.69) is 32.2 Å². The Morgan fingerprint density at radius 3 is 2.65 bits per heavy atom. The number of hydrogen-bond donors (Lipinski definition) is 2. The van der Waals surface area contributed by atoms with Gasteiger partial charge in [-0.2, -0.15) is 5.26 Å². The van der Waals surface area contributed by atoms with Gasteiger partial charge in [-0.25, -0.2) is 0 Å². The molecule has 0 saturated carbocycles. The molecule has 1 unspecified atom stereocenters. The molecule has 1 aromatic heterocycles. The van der Waals surface area contributed by atoms with Gasteiger partial charge in [-0.05, 0) is 24.0 Å². The van der Waals surface area contributed by atoms with Crippen LogP contribution >= 0.6 is 11.3 Å². The van der Waals surface area contributed by atoms with Crippen LogP contribution in [0.5, 0.6) is 0 Å². The van der Waals surface area contributed by atoms with Gasteiger partial charge in [0.1, 0.15) is 10.9 Å². The number of nitriles is 1. The fourth-order valence-electron chi connectivity index (χ4n) is 1.73. The summed E-state index contributed by atoms with van der Waals surface area (Å²) >= 11 is 1.52. The second-order valence-electron chi connectivity index (χ2n) is 5.19. The first-order valence-electron chi connectivity index (χ1n) is 5.80. The van der Waals surface area contributed by atoms with Gasteiger partial charge in [-0.1, -0.05) is 20.8 Å². The van der Waals surface area contributed by atoms with Crippen molar-refractivity contribution in [2.24, 2.45) is 5.41 Å². The summed E-state index contributed by atoms with van der Waals surface area (Å²) < 4.78 is 0. The zero-order valence-corrected chi connectivity index (χ0v) is 11.5. The minimum Gasteiger partial charge on any atom is -0.396 e. The zero-order valence-electron chi connectivity index (χ0n) is 10.7. The van der Waals surface area contributed by atoms with Crippen LogP contribution in [0.3, 0.4) is 0 Å². The number of rotatable bonds is 5. The molecule has 0 radical (unpaired) electrons. The van der Waals surface area contributed by atoms with Crippen molar-refractivity contribution in [1.82, 2.24) is 5.32 Å². The molecule has 17 heavy (non-hydrogen) atoms. The standard InChI is InChI=1S/C13H20N2OS/c1-13(2,3)12(6-7-16)15-9-11-5-4-10(8-14)17-11/h4-5,12,15-16H,6-7,9H2,1-3H3. The SMILES string of the molecule is CC(C)(C)C(CCO)NCc1ccc(C#N)s1. The van der Waals surface area contributed by atoms with Crippen molar-refractivity contribution in [2.75, 3.05) is 6.61 Å². The first kappa shape index (κ1) is 14.2. The van der Waals surface area contributed by atoms with E-state index in [1.54, 1.807) is 0 Å². The van der Waals surface area contributed by atoms with Crippen molar-refractivity contribution in [2.45, 2.75) is 39.8 Å². The van der Waals surface area contributed by atoms with Gasteiger partial charge < -0.3 is 10.4 Å². The van der Waals surface area contributed by atoms with Crippen LogP contribution in [-0.4, -0.2) is 17.8 Å². The van der Waals surface area contributed by atoms with E-state index in [9.17, 15) is 0 Å². The lowest BCUT2D eigenvalue weighted by atomic mass is 9.85. The quantitative estimate of drug-likeness (QED) is 0.846. The van der Waals surface area contributed by atoms with Crippen LogP contribution in [0.2, 0.25) is 0 Å². The van der Waals surface area contributed by atoms with Crippen molar-refractivity contribution in [3.63, 3.8) is 0 Å². The third-order valence-electron chi connectivity index (χ3n) is 2.76. The molecule has 0 saturated heterocycles. The van der Waals surface area contributed by atoms with Crippen LogP contribution < -0.4 is 5.32 Å². The molecule has 3 nitrogen and oxygen atoms in total. The monoisotopic (exact) mass is 252 g/mol. The Hall–Kier alpha value is -0.890. The van der Waals surface area contributed by atoms with E-state index in [0.717, 1.165) is 22.7 Å². The van der Waals surface area contributed by atoms with Crippen LogP contribution in [0.25, 0.3) is 0 Å². The summed E-state index contributed by atoms with van der Waals surface area (Å²) in [6.07, 6.45) is 0.750. The van der Waals surface area contributed by atoms with E-state index in [-0.39, 0.29) is 18.1 Å². The van der Waals surface area contributed by atoms with E-state index in [4.69, 9.17) is 10.4 Å². The molecule has 94 valence electrons. The van der Waals surface area contributed by atoms with Crippen molar-refractivity contribution in [1.29, 1.82) is 5.26 Å². The average molecular weight is 252 g/mol. The third-order valence-corrected chi connectivity index (χ3v) is 3.75. The molecule has 2 N–H and O–H groups in total. The van der Waals surface area contributed by atoms with Crippen molar-refractivity contribution >= 4 is 11.3 Å². The summed E-state index contributed by atoms with van der Waals surface area (Å²) in [7, 11) is 0. The normalized spacial score (nSPS) is 13.4. The lowest BCUT2D eigenvalue weighted by Crippen LogP contribution is -2.40. The topological polar surface area (TPSA) is 56.0 Å². The lowest BCUT2D eigenvalue weighted by Gasteiger charge is -2.31. The van der Waals surface area contributed by atoms with Gasteiger partial charge in [-0.3, -0.25) is 0 Å². The maximum absolute atomic E-state index is 9.06. The van der Waals surface area contributed by atoms with Crippen molar-refractivity contribution in [3.8, 4) is 6.07 Å². The summed E-state index contributed by atoms with van der Waals surface area (Å²) in [6.45, 7) is 7.44. The molecular weight excluding hydrogens is 232 g/mol. The van der Waals surface area contributed by atoms with Gasteiger partial charge in [0, 0.05) is 24.1 Å². The zero-order chi connectivity index (χ0) is 12.9. The Balaban J connectivity index is 2.55. The van der Waals surface area contributed by atoms with Crippen LogP contribution in [0.15, 0.2) is 12.1 Å². The lowest BCUT2D eigenvalue weighted by molar-refractivity contribution is 0.197. The summed E-state index contributed by atoms with van der Waals surface area (Å²) in [5.41, 5.74) is 0.123. The molecule has 0 fully saturated rings. The Morgan fingerprint density at radius 2 is 2.18 bits per heavy atom. The Morgan fingerprint density at radius 1 is 1.47 bits per heavy atom. The highest BCUT2D eigenvalue weighted by Crippen LogP contribution is 2.23. The minimum atomic E-state index is 0.123. The molecule has 1 heterocycles. The maximum atomic E-state index is 9.06. The molecule has 0 spiro atoms.